The third kappa shape index (κ3) is 4.33. The molecule has 1 aromatic heterocycles. The third-order valence-electron chi connectivity index (χ3n) is 5.20. The van der Waals surface area contributed by atoms with Crippen LogP contribution in [0.5, 0.6) is 23.1 Å². The average molecular weight is 463 g/mol. The van der Waals surface area contributed by atoms with Crippen molar-refractivity contribution in [2.24, 2.45) is 0 Å². The number of nitro benzene ring substituents is 1. The predicted octanol–water partition coefficient (Wildman–Crippen LogP) is 4.24. The first-order valence-electron chi connectivity index (χ1n) is 10.2. The minimum atomic E-state index is -0.709. The molecule has 10 nitrogen and oxygen atoms in total. The quantitative estimate of drug-likeness (QED) is 0.217. The molecule has 0 atom stereocenters. The Labute approximate surface area is 194 Å². The van der Waals surface area contributed by atoms with Gasteiger partial charge in [0.2, 0.25) is 5.88 Å². The van der Waals surface area contributed by atoms with E-state index in [1.807, 2.05) is 0 Å². The van der Waals surface area contributed by atoms with Gasteiger partial charge in [-0.3, -0.25) is 14.8 Å². The number of aromatic nitrogens is 2. The number of methoxy groups -OCH3 is 3. The zero-order valence-electron chi connectivity index (χ0n) is 18.7. The summed E-state index contributed by atoms with van der Waals surface area (Å²) in [6.07, 6.45) is 0. The van der Waals surface area contributed by atoms with Crippen molar-refractivity contribution in [3.63, 3.8) is 0 Å². The highest BCUT2D eigenvalue weighted by Gasteiger charge is 2.23. The van der Waals surface area contributed by atoms with Gasteiger partial charge in [0.05, 0.1) is 43.7 Å². The van der Waals surface area contributed by atoms with E-state index in [1.54, 1.807) is 53.2 Å². The van der Waals surface area contributed by atoms with Crippen molar-refractivity contribution in [1.82, 2.24) is 9.78 Å². The second-order valence-electron chi connectivity index (χ2n) is 7.20. The summed E-state index contributed by atoms with van der Waals surface area (Å²) in [5.41, 5.74) is 1.42. The summed E-state index contributed by atoms with van der Waals surface area (Å²) < 4.78 is 23.2. The van der Waals surface area contributed by atoms with Crippen molar-refractivity contribution >= 4 is 22.6 Å². The number of hydrogen-bond acceptors (Lipinski definition) is 8. The molecule has 0 aliphatic carbocycles. The van der Waals surface area contributed by atoms with Crippen molar-refractivity contribution in [1.29, 1.82) is 0 Å². The standard InChI is InChI=1S/C24H21N3O7/c1-31-17-10-11-19-18(13-17)23(25-26(19)14-15-6-4-7-16(12-15)27(29)30)34-24(28)22-20(32-2)8-5-9-21(22)33-3/h4-13H,14H2,1-3H3. The van der Waals surface area contributed by atoms with Crippen LogP contribution in [0, 0.1) is 10.1 Å². The maximum absolute atomic E-state index is 13.1. The number of non-ortho nitro benzene ring substituents is 1. The van der Waals surface area contributed by atoms with Crippen molar-refractivity contribution < 1.29 is 28.7 Å². The first-order valence-corrected chi connectivity index (χ1v) is 10.2. The number of fused-ring (bicyclic) bond motifs is 1. The minimum Gasteiger partial charge on any atom is -0.497 e. The summed E-state index contributed by atoms with van der Waals surface area (Å²) in [5, 5.41) is 16.2. The summed E-state index contributed by atoms with van der Waals surface area (Å²) in [6, 6.07) is 16.4. The van der Waals surface area contributed by atoms with E-state index in [9.17, 15) is 14.9 Å². The highest BCUT2D eigenvalue weighted by atomic mass is 16.6. The topological polar surface area (TPSA) is 115 Å². The van der Waals surface area contributed by atoms with Gasteiger partial charge >= 0.3 is 5.97 Å². The molecule has 3 aromatic carbocycles. The Morgan fingerprint density at radius 1 is 0.971 bits per heavy atom. The molecule has 34 heavy (non-hydrogen) atoms. The fraction of sp³-hybridized carbons (Fsp3) is 0.167. The van der Waals surface area contributed by atoms with Crippen LogP contribution in [0.4, 0.5) is 5.69 Å². The van der Waals surface area contributed by atoms with Gasteiger partial charge in [-0.25, -0.2) is 4.79 Å². The summed E-state index contributed by atoms with van der Waals surface area (Å²) >= 11 is 0. The molecule has 0 fully saturated rings. The fourth-order valence-corrected chi connectivity index (χ4v) is 3.58. The molecule has 0 bridgehead atoms. The molecule has 4 rings (SSSR count). The van der Waals surface area contributed by atoms with Crippen LogP contribution >= 0.6 is 0 Å². The van der Waals surface area contributed by atoms with Gasteiger partial charge in [0.25, 0.3) is 5.69 Å². The van der Waals surface area contributed by atoms with Crippen molar-refractivity contribution in [3.05, 3.63) is 81.9 Å². The molecular weight excluding hydrogens is 442 g/mol. The van der Waals surface area contributed by atoms with Crippen LogP contribution in [0.2, 0.25) is 0 Å². The number of esters is 1. The van der Waals surface area contributed by atoms with Gasteiger partial charge in [0, 0.05) is 12.1 Å². The van der Waals surface area contributed by atoms with Gasteiger partial charge in [-0.1, -0.05) is 18.2 Å². The summed E-state index contributed by atoms with van der Waals surface area (Å²) in [4.78, 5) is 23.8. The Kier molecular flexibility index (Phi) is 6.30. The van der Waals surface area contributed by atoms with Gasteiger partial charge in [-0.15, -0.1) is 5.10 Å². The first-order chi connectivity index (χ1) is 16.4. The molecule has 0 unspecified atom stereocenters. The van der Waals surface area contributed by atoms with E-state index < -0.39 is 10.9 Å². The Hall–Kier alpha value is -4.60. The SMILES string of the molecule is COc1ccc2c(c1)c(OC(=O)c1c(OC)cccc1OC)nn2Cc1cccc([N+](=O)[O-])c1. The fourth-order valence-electron chi connectivity index (χ4n) is 3.58. The van der Waals surface area contributed by atoms with Gasteiger partial charge in [-0.2, -0.15) is 0 Å². The lowest BCUT2D eigenvalue weighted by atomic mass is 10.1. The molecule has 0 spiro atoms. The van der Waals surface area contributed by atoms with E-state index in [0.717, 1.165) is 0 Å². The van der Waals surface area contributed by atoms with Gasteiger partial charge < -0.3 is 18.9 Å². The van der Waals surface area contributed by atoms with Crippen LogP contribution in [0.3, 0.4) is 0 Å². The number of carbonyl (C=O) groups excluding carboxylic acids is 1. The number of nitro groups is 1. The lowest BCUT2D eigenvalue weighted by molar-refractivity contribution is -0.384. The highest BCUT2D eigenvalue weighted by molar-refractivity contribution is 5.98. The van der Waals surface area contributed by atoms with E-state index in [-0.39, 0.29) is 23.7 Å². The van der Waals surface area contributed by atoms with Crippen LogP contribution < -0.4 is 18.9 Å². The Morgan fingerprint density at radius 2 is 1.68 bits per heavy atom. The molecule has 0 saturated carbocycles. The molecule has 0 saturated heterocycles. The number of rotatable bonds is 8. The number of ether oxygens (including phenoxy) is 4. The van der Waals surface area contributed by atoms with Crippen LogP contribution in [-0.4, -0.2) is 42.0 Å². The largest absolute Gasteiger partial charge is 0.497 e. The Balaban J connectivity index is 1.76. The van der Waals surface area contributed by atoms with Gasteiger partial charge in [0.1, 0.15) is 22.8 Å². The molecule has 10 heteroatoms. The lowest BCUT2D eigenvalue weighted by Gasteiger charge is -2.11. The van der Waals surface area contributed by atoms with Crippen LogP contribution in [0.15, 0.2) is 60.7 Å². The summed E-state index contributed by atoms with van der Waals surface area (Å²) in [5.74, 6) is 0.482. The van der Waals surface area contributed by atoms with E-state index in [2.05, 4.69) is 5.10 Å². The smallest absolute Gasteiger partial charge is 0.352 e. The first kappa shape index (κ1) is 22.6. The monoisotopic (exact) mass is 463 g/mol. The molecule has 0 aliphatic rings. The Morgan fingerprint density at radius 3 is 2.32 bits per heavy atom. The second kappa shape index (κ2) is 9.49. The van der Waals surface area contributed by atoms with Crippen molar-refractivity contribution in [2.45, 2.75) is 6.54 Å². The van der Waals surface area contributed by atoms with E-state index in [1.165, 1.54) is 33.5 Å². The molecule has 4 aromatic rings. The molecule has 0 aliphatic heterocycles. The molecule has 0 amide bonds. The molecular formula is C24H21N3O7. The summed E-state index contributed by atoms with van der Waals surface area (Å²) in [6.45, 7) is 0.222. The highest BCUT2D eigenvalue weighted by Crippen LogP contribution is 2.33. The third-order valence-corrected chi connectivity index (χ3v) is 5.20. The zero-order chi connectivity index (χ0) is 24.2. The van der Waals surface area contributed by atoms with Crippen molar-refractivity contribution in [3.8, 4) is 23.1 Å². The van der Waals surface area contributed by atoms with E-state index in [0.29, 0.717) is 33.7 Å². The number of carbonyl (C=O) groups is 1. The predicted molar refractivity (Wildman–Crippen MR) is 123 cm³/mol. The second-order valence-corrected chi connectivity index (χ2v) is 7.20. The zero-order valence-corrected chi connectivity index (χ0v) is 18.7. The average Bonchev–Trinajstić information content (AvgIpc) is 3.19. The number of hydrogen-bond donors (Lipinski definition) is 0. The number of nitrogens with zero attached hydrogens (tertiary/aromatic N) is 3. The Bertz CT molecular complexity index is 1360. The van der Waals surface area contributed by atoms with Gasteiger partial charge in [0.15, 0.2) is 0 Å². The maximum Gasteiger partial charge on any atom is 0.352 e. The maximum atomic E-state index is 13.1. The van der Waals surface area contributed by atoms with E-state index >= 15 is 0 Å². The normalized spacial score (nSPS) is 10.7. The molecule has 1 heterocycles. The van der Waals surface area contributed by atoms with Crippen LogP contribution in [0.25, 0.3) is 10.9 Å². The van der Waals surface area contributed by atoms with Crippen molar-refractivity contribution in [2.75, 3.05) is 21.3 Å². The molecule has 0 radical (unpaired) electrons. The minimum absolute atomic E-state index is 0.0226. The number of benzene rings is 3. The molecule has 0 N–H and O–H groups in total. The van der Waals surface area contributed by atoms with Crippen LogP contribution in [0.1, 0.15) is 15.9 Å². The summed E-state index contributed by atoms with van der Waals surface area (Å²) in [7, 11) is 4.42. The molecule has 174 valence electrons. The van der Waals surface area contributed by atoms with E-state index in [4.69, 9.17) is 18.9 Å². The van der Waals surface area contributed by atoms with Crippen LogP contribution in [-0.2, 0) is 6.54 Å². The van der Waals surface area contributed by atoms with Gasteiger partial charge in [-0.05, 0) is 35.9 Å². The lowest BCUT2D eigenvalue weighted by Crippen LogP contribution is -2.12.